The Kier molecular flexibility index (Phi) is 10.3. The van der Waals surface area contributed by atoms with E-state index >= 15 is 0 Å². The number of rotatable bonds is 12. The molecule has 0 amide bonds. The summed E-state index contributed by atoms with van der Waals surface area (Å²) in [5.41, 5.74) is 1.46. The van der Waals surface area contributed by atoms with Crippen LogP contribution in [0, 0.1) is 0 Å². The van der Waals surface area contributed by atoms with Crippen molar-refractivity contribution in [3.8, 4) is 0 Å². The summed E-state index contributed by atoms with van der Waals surface area (Å²) < 4.78 is 0. The molecular formula is C19H33N. The molecule has 0 spiro atoms. The van der Waals surface area contributed by atoms with Crippen molar-refractivity contribution in [1.29, 1.82) is 0 Å². The van der Waals surface area contributed by atoms with Crippen LogP contribution in [0.15, 0.2) is 30.3 Å². The summed E-state index contributed by atoms with van der Waals surface area (Å²) >= 11 is 0. The van der Waals surface area contributed by atoms with Crippen LogP contribution in [0.25, 0.3) is 0 Å². The van der Waals surface area contributed by atoms with Gasteiger partial charge >= 0.3 is 0 Å². The normalized spacial score (nSPS) is 12.5. The van der Waals surface area contributed by atoms with Crippen molar-refractivity contribution in [2.75, 3.05) is 6.54 Å². The van der Waals surface area contributed by atoms with Gasteiger partial charge in [-0.15, -0.1) is 0 Å². The van der Waals surface area contributed by atoms with E-state index in [9.17, 15) is 0 Å². The van der Waals surface area contributed by atoms with Gasteiger partial charge in [-0.05, 0) is 24.9 Å². The first-order valence-corrected chi connectivity index (χ1v) is 8.66. The van der Waals surface area contributed by atoms with Crippen LogP contribution < -0.4 is 5.32 Å². The first-order chi connectivity index (χ1) is 9.88. The zero-order chi connectivity index (χ0) is 14.5. The molecule has 0 heterocycles. The molecular weight excluding hydrogens is 242 g/mol. The second-order valence-electron chi connectivity index (χ2n) is 5.83. The van der Waals surface area contributed by atoms with Gasteiger partial charge < -0.3 is 5.32 Å². The summed E-state index contributed by atoms with van der Waals surface area (Å²) in [5.74, 6) is 0. The molecule has 0 aliphatic heterocycles. The van der Waals surface area contributed by atoms with E-state index in [1.54, 1.807) is 0 Å². The standard InChI is InChI=1S/C19H33N/c1-3-5-7-8-12-16-19(20-17-13-6-4-2)18-14-10-9-11-15-18/h9-11,14-15,19-20H,3-8,12-13,16-17H2,1-2H3. The summed E-state index contributed by atoms with van der Waals surface area (Å²) in [6.45, 7) is 5.70. The number of nitrogens with one attached hydrogen (secondary N) is 1. The van der Waals surface area contributed by atoms with Crippen LogP contribution in [0.4, 0.5) is 0 Å². The molecule has 0 aliphatic rings. The summed E-state index contributed by atoms with van der Waals surface area (Å²) in [7, 11) is 0. The Morgan fingerprint density at radius 1 is 0.800 bits per heavy atom. The minimum Gasteiger partial charge on any atom is -0.310 e. The van der Waals surface area contributed by atoms with Gasteiger partial charge in [-0.2, -0.15) is 0 Å². The minimum atomic E-state index is 0.551. The van der Waals surface area contributed by atoms with Crippen molar-refractivity contribution in [2.45, 2.75) is 77.7 Å². The average molecular weight is 275 g/mol. The van der Waals surface area contributed by atoms with Crippen molar-refractivity contribution in [3.63, 3.8) is 0 Å². The maximum absolute atomic E-state index is 3.76. The van der Waals surface area contributed by atoms with Crippen LogP contribution in [-0.2, 0) is 0 Å². The van der Waals surface area contributed by atoms with Crippen LogP contribution >= 0.6 is 0 Å². The minimum absolute atomic E-state index is 0.551. The van der Waals surface area contributed by atoms with Crippen LogP contribution in [0.2, 0.25) is 0 Å². The predicted molar refractivity (Wildman–Crippen MR) is 90.1 cm³/mol. The lowest BCUT2D eigenvalue weighted by Crippen LogP contribution is -2.22. The molecule has 0 fully saturated rings. The number of unbranched alkanes of at least 4 members (excludes halogenated alkanes) is 6. The highest BCUT2D eigenvalue weighted by molar-refractivity contribution is 5.18. The Bertz CT molecular complexity index is 307. The van der Waals surface area contributed by atoms with Crippen LogP contribution in [0.3, 0.4) is 0 Å². The van der Waals surface area contributed by atoms with Crippen molar-refractivity contribution in [1.82, 2.24) is 5.32 Å². The van der Waals surface area contributed by atoms with E-state index in [1.807, 2.05) is 0 Å². The summed E-state index contributed by atoms with van der Waals surface area (Å²) in [4.78, 5) is 0. The van der Waals surface area contributed by atoms with E-state index < -0.39 is 0 Å². The molecule has 0 bridgehead atoms. The lowest BCUT2D eigenvalue weighted by atomic mass is 9.99. The molecule has 0 saturated heterocycles. The van der Waals surface area contributed by atoms with E-state index in [2.05, 4.69) is 49.5 Å². The Morgan fingerprint density at radius 2 is 1.45 bits per heavy atom. The fourth-order valence-corrected chi connectivity index (χ4v) is 2.68. The van der Waals surface area contributed by atoms with Crippen molar-refractivity contribution in [2.24, 2.45) is 0 Å². The number of hydrogen-bond acceptors (Lipinski definition) is 1. The topological polar surface area (TPSA) is 12.0 Å². The first kappa shape index (κ1) is 17.2. The third-order valence-electron chi connectivity index (χ3n) is 3.97. The lowest BCUT2D eigenvalue weighted by Gasteiger charge is -2.19. The molecule has 0 aromatic heterocycles. The molecule has 0 radical (unpaired) electrons. The van der Waals surface area contributed by atoms with Gasteiger partial charge in [0.15, 0.2) is 0 Å². The van der Waals surface area contributed by atoms with E-state index in [0.29, 0.717) is 6.04 Å². The Labute approximate surface area is 126 Å². The third-order valence-corrected chi connectivity index (χ3v) is 3.97. The fraction of sp³-hybridized carbons (Fsp3) is 0.684. The van der Waals surface area contributed by atoms with Gasteiger partial charge in [0.05, 0.1) is 0 Å². The van der Waals surface area contributed by atoms with Crippen LogP contribution in [0.1, 0.15) is 83.2 Å². The number of benzene rings is 1. The van der Waals surface area contributed by atoms with Crippen LogP contribution in [-0.4, -0.2) is 6.54 Å². The zero-order valence-electron chi connectivity index (χ0n) is 13.5. The lowest BCUT2D eigenvalue weighted by molar-refractivity contribution is 0.459. The first-order valence-electron chi connectivity index (χ1n) is 8.66. The summed E-state index contributed by atoms with van der Waals surface area (Å²) in [5, 5.41) is 3.76. The fourth-order valence-electron chi connectivity index (χ4n) is 2.68. The Balaban J connectivity index is 2.35. The van der Waals surface area contributed by atoms with E-state index in [1.165, 1.54) is 63.4 Å². The number of hydrogen-bond donors (Lipinski definition) is 1. The van der Waals surface area contributed by atoms with Gasteiger partial charge in [0.2, 0.25) is 0 Å². The van der Waals surface area contributed by atoms with Gasteiger partial charge in [-0.3, -0.25) is 0 Å². The molecule has 1 N–H and O–H groups in total. The molecule has 1 rings (SSSR count). The summed E-state index contributed by atoms with van der Waals surface area (Å²) in [6.07, 6.45) is 12.1. The predicted octanol–water partition coefficient (Wildman–Crippen LogP) is 5.87. The second-order valence-corrected chi connectivity index (χ2v) is 5.83. The molecule has 0 aliphatic carbocycles. The molecule has 1 unspecified atom stereocenters. The van der Waals surface area contributed by atoms with Crippen LogP contribution in [0.5, 0.6) is 0 Å². The van der Waals surface area contributed by atoms with Gasteiger partial charge in [-0.1, -0.05) is 89.1 Å². The Hall–Kier alpha value is -0.820. The second kappa shape index (κ2) is 12.0. The zero-order valence-corrected chi connectivity index (χ0v) is 13.5. The largest absolute Gasteiger partial charge is 0.310 e. The maximum Gasteiger partial charge on any atom is 0.0320 e. The summed E-state index contributed by atoms with van der Waals surface area (Å²) in [6, 6.07) is 11.5. The van der Waals surface area contributed by atoms with Crippen molar-refractivity contribution >= 4 is 0 Å². The highest BCUT2D eigenvalue weighted by atomic mass is 14.9. The Morgan fingerprint density at radius 3 is 2.15 bits per heavy atom. The highest BCUT2D eigenvalue weighted by Crippen LogP contribution is 2.20. The van der Waals surface area contributed by atoms with Crippen molar-refractivity contribution in [3.05, 3.63) is 35.9 Å². The SMILES string of the molecule is CCCCCCCC(NCCCCC)c1ccccc1. The van der Waals surface area contributed by atoms with E-state index in [4.69, 9.17) is 0 Å². The van der Waals surface area contributed by atoms with E-state index in [0.717, 1.165) is 6.54 Å². The van der Waals surface area contributed by atoms with Gasteiger partial charge in [-0.25, -0.2) is 0 Å². The quantitative estimate of drug-likeness (QED) is 0.470. The molecule has 114 valence electrons. The highest BCUT2D eigenvalue weighted by Gasteiger charge is 2.09. The molecule has 1 atom stereocenters. The molecule has 20 heavy (non-hydrogen) atoms. The van der Waals surface area contributed by atoms with E-state index in [-0.39, 0.29) is 0 Å². The van der Waals surface area contributed by atoms with Gasteiger partial charge in [0.25, 0.3) is 0 Å². The molecule has 1 heteroatoms. The molecule has 1 aromatic rings. The monoisotopic (exact) mass is 275 g/mol. The third kappa shape index (κ3) is 7.69. The average Bonchev–Trinajstić information content (AvgIpc) is 2.50. The molecule has 1 aromatic carbocycles. The van der Waals surface area contributed by atoms with Gasteiger partial charge in [0, 0.05) is 6.04 Å². The maximum atomic E-state index is 3.76. The molecule has 1 nitrogen and oxygen atoms in total. The smallest absolute Gasteiger partial charge is 0.0320 e. The molecule has 0 saturated carbocycles. The van der Waals surface area contributed by atoms with Crippen molar-refractivity contribution < 1.29 is 0 Å². The van der Waals surface area contributed by atoms with Gasteiger partial charge in [0.1, 0.15) is 0 Å².